The van der Waals surface area contributed by atoms with E-state index in [1.54, 1.807) is 72.0 Å². The number of methoxy groups -OCH3 is 1. The third kappa shape index (κ3) is 15.1. The molecule has 5 amide bonds. The maximum atomic E-state index is 14.8. The van der Waals surface area contributed by atoms with Crippen molar-refractivity contribution in [3.05, 3.63) is 144 Å². The topological polar surface area (TPSA) is 212 Å². The number of fused-ring (bicyclic) bond motifs is 1. The van der Waals surface area contributed by atoms with Gasteiger partial charge in [-0.25, -0.2) is 9.59 Å². The Bertz CT molecular complexity index is 2540. The van der Waals surface area contributed by atoms with Crippen LogP contribution < -0.4 is 26.6 Å². The molecular weight excluding hydrogens is 905 g/mol. The molecule has 0 spiro atoms. The highest BCUT2D eigenvalue weighted by atomic mass is 16.6. The van der Waals surface area contributed by atoms with Gasteiger partial charge in [-0.3, -0.25) is 28.5 Å². The van der Waals surface area contributed by atoms with Crippen LogP contribution >= 0.6 is 0 Å². The van der Waals surface area contributed by atoms with Crippen molar-refractivity contribution in [1.29, 1.82) is 0 Å². The van der Waals surface area contributed by atoms with E-state index in [-0.39, 0.29) is 18.8 Å². The van der Waals surface area contributed by atoms with Crippen LogP contribution in [0.2, 0.25) is 0 Å². The Morgan fingerprint density at radius 2 is 1.07 bits per heavy atom. The van der Waals surface area contributed by atoms with E-state index in [1.807, 2.05) is 105 Å². The summed E-state index contributed by atoms with van der Waals surface area (Å²) in [5.74, 6) is -4.55. The van der Waals surface area contributed by atoms with E-state index in [2.05, 4.69) is 26.6 Å². The Hall–Kier alpha value is -7.33. The highest BCUT2D eigenvalue weighted by Gasteiger charge is 2.40. The lowest BCUT2D eigenvalue weighted by atomic mass is 9.77. The third-order valence-electron chi connectivity index (χ3n) is 11.3. The van der Waals surface area contributed by atoms with E-state index in [4.69, 9.17) is 14.2 Å². The number of rotatable bonds is 20. The van der Waals surface area contributed by atoms with Crippen LogP contribution in [-0.4, -0.2) is 95.3 Å². The van der Waals surface area contributed by atoms with Crippen molar-refractivity contribution < 1.29 is 47.8 Å². The van der Waals surface area contributed by atoms with Gasteiger partial charge >= 0.3 is 12.1 Å². The average molecular weight is 973 g/mol. The van der Waals surface area contributed by atoms with Gasteiger partial charge in [0.15, 0.2) is 0 Å². The van der Waals surface area contributed by atoms with Crippen molar-refractivity contribution in [1.82, 2.24) is 31.2 Å². The number of esters is 1. The van der Waals surface area contributed by atoms with Crippen LogP contribution in [0.3, 0.4) is 0 Å². The zero-order chi connectivity index (χ0) is 52.1. The van der Waals surface area contributed by atoms with E-state index in [0.717, 1.165) is 0 Å². The smallest absolute Gasteiger partial charge is 0.419 e. The fourth-order valence-corrected chi connectivity index (χ4v) is 8.15. The SMILES string of the molecule is COC(=O)[C@H](CC(C)C)NC(=O)[C@H](CC(=O)NC(c1ccccc1)(c1ccccc1)c1ccccc1)NC(=O)[C@H](COC(C)(C)C)NC(=O)[C@H](Cc1cn(C(=O)OC(C)(C)C)c2ccccc12)NC(C)=O. The van der Waals surface area contributed by atoms with Crippen molar-refractivity contribution in [2.45, 2.75) is 122 Å². The average Bonchev–Trinajstić information content (AvgIpc) is 3.69. The van der Waals surface area contributed by atoms with E-state index in [9.17, 15) is 33.6 Å². The molecule has 0 aliphatic heterocycles. The number of para-hydroxylation sites is 1. The number of aromatic nitrogens is 1. The Labute approximate surface area is 416 Å². The van der Waals surface area contributed by atoms with Gasteiger partial charge in [-0.05, 0) is 82.2 Å². The Balaban J connectivity index is 1.52. The van der Waals surface area contributed by atoms with Gasteiger partial charge in [-0.1, -0.05) is 123 Å². The quantitative estimate of drug-likeness (QED) is 0.0425. The third-order valence-corrected chi connectivity index (χ3v) is 11.3. The molecule has 0 aliphatic rings. The second-order valence-electron chi connectivity index (χ2n) is 19.8. The van der Waals surface area contributed by atoms with E-state index < -0.39 is 95.5 Å². The summed E-state index contributed by atoms with van der Waals surface area (Å²) in [7, 11) is 1.20. The standard InChI is InChI=1S/C55H68N6O10/c1-35(2)30-44(51(67)69-10)58-49(65)43(32-47(63)60-55(38-22-14-11-15-23-38,39-24-16-12-17-25-39)40-26-18-13-19-27-40)57-50(66)45(34-70-53(4,5)6)59-48(64)42(56-36(3)62)31-37-33-61(52(68)71-54(7,8)9)46-29-21-20-28-41(37)46/h11-29,33,35,42-45H,30-32,34H2,1-10H3,(H,56,62)(H,57,66)(H,58,65)(H,59,64)(H,60,63)/t42-,43-,44-,45-/m0/s1. The van der Waals surface area contributed by atoms with Crippen LogP contribution in [0.5, 0.6) is 0 Å². The van der Waals surface area contributed by atoms with E-state index in [0.29, 0.717) is 33.2 Å². The number of hydrogen-bond acceptors (Lipinski definition) is 10. The second kappa shape index (κ2) is 24.0. The number of amides is 5. The fourth-order valence-electron chi connectivity index (χ4n) is 8.15. The van der Waals surface area contributed by atoms with Gasteiger partial charge in [0.1, 0.15) is 35.3 Å². The van der Waals surface area contributed by atoms with Crippen molar-refractivity contribution in [2.24, 2.45) is 5.92 Å². The monoisotopic (exact) mass is 972 g/mol. The number of nitrogens with one attached hydrogen (secondary N) is 5. The fraction of sp³-hybridized carbons (Fsp3) is 0.400. The van der Waals surface area contributed by atoms with Crippen LogP contribution in [0.15, 0.2) is 121 Å². The molecule has 16 heteroatoms. The molecule has 0 aliphatic carbocycles. The lowest BCUT2D eigenvalue weighted by Crippen LogP contribution is -2.60. The van der Waals surface area contributed by atoms with E-state index >= 15 is 0 Å². The first-order valence-electron chi connectivity index (χ1n) is 23.7. The van der Waals surface area contributed by atoms with Gasteiger partial charge in [0.2, 0.25) is 29.5 Å². The molecule has 1 aromatic heterocycles. The van der Waals surface area contributed by atoms with Crippen LogP contribution in [0.1, 0.15) is 97.4 Å². The maximum absolute atomic E-state index is 14.8. The first kappa shape index (κ1) is 54.6. The minimum absolute atomic E-state index is 0.0708. The van der Waals surface area contributed by atoms with Crippen molar-refractivity contribution >= 4 is 52.5 Å². The largest absolute Gasteiger partial charge is 0.467 e. The summed E-state index contributed by atoms with van der Waals surface area (Å²) in [5.41, 5.74) is 0.266. The maximum Gasteiger partial charge on any atom is 0.419 e. The van der Waals surface area contributed by atoms with Crippen molar-refractivity contribution in [3.8, 4) is 0 Å². The van der Waals surface area contributed by atoms with Crippen molar-refractivity contribution in [3.63, 3.8) is 0 Å². The molecule has 1 heterocycles. The molecule has 71 heavy (non-hydrogen) atoms. The normalized spacial score (nSPS) is 13.5. The number of ether oxygens (including phenoxy) is 3. The number of nitrogens with zero attached hydrogens (tertiary/aromatic N) is 1. The molecule has 5 aromatic rings. The predicted octanol–water partition coefficient (Wildman–Crippen LogP) is 6.46. The molecule has 0 radical (unpaired) electrons. The number of carbonyl (C=O) groups excluding carboxylic acids is 7. The van der Waals surface area contributed by atoms with Gasteiger partial charge in [-0.15, -0.1) is 0 Å². The van der Waals surface area contributed by atoms with Crippen LogP contribution in [0.25, 0.3) is 10.9 Å². The van der Waals surface area contributed by atoms with Gasteiger partial charge in [0, 0.05) is 24.9 Å². The molecule has 0 unspecified atom stereocenters. The summed E-state index contributed by atoms with van der Waals surface area (Å²) in [5, 5.41) is 14.6. The minimum Gasteiger partial charge on any atom is -0.467 e. The molecule has 0 fully saturated rings. The molecule has 0 saturated carbocycles. The summed E-state index contributed by atoms with van der Waals surface area (Å²) in [4.78, 5) is 97.5. The lowest BCUT2D eigenvalue weighted by Gasteiger charge is -2.37. The number of carbonyl (C=O) groups is 7. The second-order valence-corrected chi connectivity index (χ2v) is 19.8. The molecule has 5 N–H and O–H groups in total. The van der Waals surface area contributed by atoms with Crippen LogP contribution in [-0.2, 0) is 54.9 Å². The Morgan fingerprint density at radius 1 is 0.592 bits per heavy atom. The zero-order valence-corrected chi connectivity index (χ0v) is 42.3. The summed E-state index contributed by atoms with van der Waals surface area (Å²) in [6.45, 7) is 15.1. The summed E-state index contributed by atoms with van der Waals surface area (Å²) < 4.78 is 18.1. The Morgan fingerprint density at radius 3 is 1.56 bits per heavy atom. The lowest BCUT2D eigenvalue weighted by molar-refractivity contribution is -0.146. The molecule has 4 atom stereocenters. The van der Waals surface area contributed by atoms with Crippen LogP contribution in [0.4, 0.5) is 4.79 Å². The first-order chi connectivity index (χ1) is 33.5. The van der Waals surface area contributed by atoms with Gasteiger partial charge < -0.3 is 40.8 Å². The highest BCUT2D eigenvalue weighted by Crippen LogP contribution is 2.37. The van der Waals surface area contributed by atoms with Gasteiger partial charge in [-0.2, -0.15) is 0 Å². The molecular formula is C55H68N6O10. The molecule has 0 saturated heterocycles. The highest BCUT2D eigenvalue weighted by molar-refractivity contribution is 5.98. The molecule has 16 nitrogen and oxygen atoms in total. The predicted molar refractivity (Wildman–Crippen MR) is 270 cm³/mol. The Kier molecular flexibility index (Phi) is 18.5. The molecule has 4 aromatic carbocycles. The van der Waals surface area contributed by atoms with Gasteiger partial charge in [0.05, 0.1) is 31.3 Å². The minimum atomic E-state index is -1.62. The summed E-state index contributed by atoms with van der Waals surface area (Å²) in [6, 6.07) is 29.5. The first-order valence-corrected chi connectivity index (χ1v) is 23.7. The van der Waals surface area contributed by atoms with E-state index in [1.165, 1.54) is 18.6 Å². The van der Waals surface area contributed by atoms with Crippen molar-refractivity contribution in [2.75, 3.05) is 13.7 Å². The molecule has 378 valence electrons. The molecule has 5 rings (SSSR count). The molecule has 0 bridgehead atoms. The van der Waals surface area contributed by atoms with Crippen LogP contribution in [0, 0.1) is 5.92 Å². The van der Waals surface area contributed by atoms with Gasteiger partial charge in [0.25, 0.3) is 0 Å². The zero-order valence-electron chi connectivity index (χ0n) is 42.3. The number of hydrogen-bond donors (Lipinski definition) is 5. The summed E-state index contributed by atoms with van der Waals surface area (Å²) >= 11 is 0. The summed E-state index contributed by atoms with van der Waals surface area (Å²) in [6.07, 6.45) is 0.349. The number of benzene rings is 4.